The summed E-state index contributed by atoms with van der Waals surface area (Å²) in [5.74, 6) is 0. The molecule has 1 aliphatic heterocycles. The van der Waals surface area contributed by atoms with Crippen LogP contribution in [-0.2, 0) is 9.47 Å². The zero-order valence-electron chi connectivity index (χ0n) is 8.08. The number of hydrogen-bond acceptors (Lipinski definition) is 5. The number of ether oxygens (including phenoxy) is 2. The lowest BCUT2D eigenvalue weighted by Crippen LogP contribution is -2.51. The van der Waals surface area contributed by atoms with E-state index in [1.54, 1.807) is 6.92 Å². The van der Waals surface area contributed by atoms with Gasteiger partial charge in [0.25, 0.3) is 0 Å². The van der Waals surface area contributed by atoms with Gasteiger partial charge in [0.15, 0.2) is 6.23 Å². The van der Waals surface area contributed by atoms with E-state index in [0.717, 1.165) is 13.1 Å². The van der Waals surface area contributed by atoms with Gasteiger partial charge < -0.3 is 14.8 Å². The van der Waals surface area contributed by atoms with Crippen molar-refractivity contribution in [2.24, 2.45) is 0 Å². The lowest BCUT2D eigenvalue weighted by Gasteiger charge is -2.31. The van der Waals surface area contributed by atoms with Crippen LogP contribution in [0.25, 0.3) is 0 Å². The number of rotatable bonds is 2. The van der Waals surface area contributed by atoms with E-state index in [9.17, 15) is 4.79 Å². The molecule has 1 unspecified atom stereocenters. The first-order valence-corrected chi connectivity index (χ1v) is 4.48. The summed E-state index contributed by atoms with van der Waals surface area (Å²) in [6, 6.07) is 0. The van der Waals surface area contributed by atoms with Crippen molar-refractivity contribution in [2.75, 3.05) is 33.3 Å². The molecule has 5 nitrogen and oxygen atoms in total. The van der Waals surface area contributed by atoms with Gasteiger partial charge in [-0.25, -0.2) is 4.79 Å². The highest BCUT2D eigenvalue weighted by molar-refractivity contribution is 5.60. The predicted molar refractivity (Wildman–Crippen MR) is 47.4 cm³/mol. The highest BCUT2D eigenvalue weighted by atomic mass is 16.7. The highest BCUT2D eigenvalue weighted by Gasteiger charge is 2.22. The van der Waals surface area contributed by atoms with E-state index in [1.165, 1.54) is 0 Å². The molecule has 1 N–H and O–H groups in total. The van der Waals surface area contributed by atoms with Gasteiger partial charge in [0.1, 0.15) is 0 Å². The van der Waals surface area contributed by atoms with Gasteiger partial charge in [0.05, 0.1) is 6.61 Å². The average Bonchev–Trinajstić information content (AvgIpc) is 2.09. The third-order valence-electron chi connectivity index (χ3n) is 1.95. The van der Waals surface area contributed by atoms with Crippen LogP contribution in [0.4, 0.5) is 4.79 Å². The smallest absolute Gasteiger partial charge is 0.435 e. The Morgan fingerprint density at radius 1 is 1.69 bits per heavy atom. The van der Waals surface area contributed by atoms with E-state index >= 15 is 0 Å². The molecule has 1 rings (SSSR count). The van der Waals surface area contributed by atoms with Crippen LogP contribution in [0.15, 0.2) is 0 Å². The molecule has 0 aliphatic carbocycles. The molecule has 0 radical (unpaired) electrons. The van der Waals surface area contributed by atoms with Crippen molar-refractivity contribution in [1.82, 2.24) is 10.2 Å². The van der Waals surface area contributed by atoms with Gasteiger partial charge in [0.2, 0.25) is 0 Å². The van der Waals surface area contributed by atoms with Gasteiger partial charge in [-0.15, -0.1) is 0 Å². The van der Waals surface area contributed by atoms with Crippen LogP contribution in [-0.4, -0.2) is 50.6 Å². The molecule has 1 fully saturated rings. The molecule has 0 bridgehead atoms. The summed E-state index contributed by atoms with van der Waals surface area (Å²) in [5, 5.41) is 3.14. The van der Waals surface area contributed by atoms with E-state index in [4.69, 9.17) is 4.74 Å². The minimum atomic E-state index is -0.594. The minimum absolute atomic E-state index is 0.201. The summed E-state index contributed by atoms with van der Waals surface area (Å²) >= 11 is 0. The summed E-state index contributed by atoms with van der Waals surface area (Å²) in [4.78, 5) is 12.9. The van der Waals surface area contributed by atoms with Crippen LogP contribution < -0.4 is 5.32 Å². The zero-order valence-corrected chi connectivity index (χ0v) is 8.08. The third-order valence-corrected chi connectivity index (χ3v) is 1.95. The van der Waals surface area contributed by atoms with Gasteiger partial charge in [-0.05, 0) is 14.0 Å². The Labute approximate surface area is 78.0 Å². The van der Waals surface area contributed by atoms with E-state index in [1.807, 2.05) is 11.9 Å². The molecular weight excluding hydrogens is 172 g/mol. The maximum Gasteiger partial charge on any atom is 0.509 e. The third kappa shape index (κ3) is 3.20. The second kappa shape index (κ2) is 5.04. The summed E-state index contributed by atoms with van der Waals surface area (Å²) in [7, 11) is 1.92. The van der Waals surface area contributed by atoms with Crippen molar-refractivity contribution in [3.63, 3.8) is 0 Å². The number of hydrogen-bond donors (Lipinski definition) is 1. The van der Waals surface area contributed by atoms with E-state index in [0.29, 0.717) is 13.2 Å². The first-order chi connectivity index (χ1) is 6.24. The lowest BCUT2D eigenvalue weighted by molar-refractivity contribution is -0.0457. The van der Waals surface area contributed by atoms with Crippen LogP contribution in [0, 0.1) is 0 Å². The molecule has 1 saturated heterocycles. The summed E-state index contributed by atoms with van der Waals surface area (Å²) in [6.07, 6.45) is -0.796. The van der Waals surface area contributed by atoms with Gasteiger partial charge in [-0.3, -0.25) is 4.90 Å². The molecule has 0 aromatic rings. The van der Waals surface area contributed by atoms with Crippen molar-refractivity contribution in [2.45, 2.75) is 13.2 Å². The predicted octanol–water partition coefficient (Wildman–Crippen LogP) is 0.0206. The molecule has 0 spiro atoms. The van der Waals surface area contributed by atoms with Crippen molar-refractivity contribution < 1.29 is 14.3 Å². The van der Waals surface area contributed by atoms with E-state index < -0.39 is 6.16 Å². The van der Waals surface area contributed by atoms with Crippen LogP contribution in [0.5, 0.6) is 0 Å². The number of carbonyl (C=O) groups excluding carboxylic acids is 1. The first-order valence-electron chi connectivity index (χ1n) is 4.48. The van der Waals surface area contributed by atoms with E-state index in [-0.39, 0.29) is 6.23 Å². The zero-order chi connectivity index (χ0) is 9.68. The lowest BCUT2D eigenvalue weighted by atomic mass is 10.3. The summed E-state index contributed by atoms with van der Waals surface area (Å²) in [6.45, 7) is 4.57. The Balaban J connectivity index is 2.29. The summed E-state index contributed by atoms with van der Waals surface area (Å²) in [5.41, 5.74) is 0. The SMILES string of the molecule is CCOC(=O)OC1CNCCN1C. The number of nitrogens with one attached hydrogen (secondary N) is 1. The molecule has 5 heteroatoms. The van der Waals surface area contributed by atoms with Gasteiger partial charge in [-0.1, -0.05) is 0 Å². The molecule has 1 heterocycles. The fourth-order valence-corrected chi connectivity index (χ4v) is 1.18. The molecule has 0 amide bonds. The number of carbonyl (C=O) groups is 1. The molecule has 0 saturated carbocycles. The molecule has 13 heavy (non-hydrogen) atoms. The molecule has 1 atom stereocenters. The van der Waals surface area contributed by atoms with Crippen LogP contribution >= 0.6 is 0 Å². The van der Waals surface area contributed by atoms with Gasteiger partial charge in [-0.2, -0.15) is 0 Å². The van der Waals surface area contributed by atoms with Gasteiger partial charge >= 0.3 is 6.16 Å². The Hall–Kier alpha value is -0.810. The fraction of sp³-hybridized carbons (Fsp3) is 0.875. The second-order valence-electron chi connectivity index (χ2n) is 2.94. The Morgan fingerprint density at radius 2 is 2.46 bits per heavy atom. The maximum absolute atomic E-state index is 11.0. The standard InChI is InChI=1S/C8H16N2O3/c1-3-12-8(11)13-7-6-9-4-5-10(7)2/h7,9H,3-6H2,1-2H3. The fourth-order valence-electron chi connectivity index (χ4n) is 1.18. The molecular formula is C8H16N2O3. The quantitative estimate of drug-likeness (QED) is 0.619. The van der Waals surface area contributed by atoms with E-state index in [2.05, 4.69) is 10.1 Å². The van der Waals surface area contributed by atoms with Crippen molar-refractivity contribution in [3.05, 3.63) is 0 Å². The Bertz CT molecular complexity index is 175. The minimum Gasteiger partial charge on any atom is -0.435 e. The number of nitrogens with zero attached hydrogens (tertiary/aromatic N) is 1. The Morgan fingerprint density at radius 3 is 3.08 bits per heavy atom. The van der Waals surface area contributed by atoms with Crippen molar-refractivity contribution in [1.29, 1.82) is 0 Å². The number of piperazine rings is 1. The topological polar surface area (TPSA) is 50.8 Å². The normalized spacial score (nSPS) is 24.0. The van der Waals surface area contributed by atoms with Crippen molar-refractivity contribution in [3.8, 4) is 0 Å². The summed E-state index contributed by atoms with van der Waals surface area (Å²) < 4.78 is 9.72. The molecule has 1 aliphatic rings. The molecule has 0 aromatic heterocycles. The first kappa shape index (κ1) is 10.3. The molecule has 0 aromatic carbocycles. The van der Waals surface area contributed by atoms with Crippen molar-refractivity contribution >= 4 is 6.16 Å². The van der Waals surface area contributed by atoms with Crippen LogP contribution in [0.2, 0.25) is 0 Å². The molecule has 76 valence electrons. The van der Waals surface area contributed by atoms with Gasteiger partial charge in [0, 0.05) is 19.6 Å². The largest absolute Gasteiger partial charge is 0.509 e. The number of likely N-dealkylation sites (N-methyl/N-ethyl adjacent to an activating group) is 1. The monoisotopic (exact) mass is 188 g/mol. The average molecular weight is 188 g/mol. The highest BCUT2D eigenvalue weighted by Crippen LogP contribution is 2.02. The van der Waals surface area contributed by atoms with Crippen LogP contribution in [0.3, 0.4) is 0 Å². The Kier molecular flexibility index (Phi) is 3.98. The maximum atomic E-state index is 11.0. The van der Waals surface area contributed by atoms with Crippen LogP contribution in [0.1, 0.15) is 6.92 Å². The second-order valence-corrected chi connectivity index (χ2v) is 2.94.